The Labute approximate surface area is 171 Å². The van der Waals surface area contributed by atoms with Crippen molar-refractivity contribution >= 4 is 39.5 Å². The first-order valence-electron chi connectivity index (χ1n) is 8.73. The Morgan fingerprint density at radius 1 is 1.31 bits per heavy atom. The lowest BCUT2D eigenvalue weighted by molar-refractivity contribution is 0.245. The maximum Gasteiger partial charge on any atom is 0.199 e. The lowest BCUT2D eigenvalue weighted by Gasteiger charge is -2.15. The van der Waals surface area contributed by atoms with Gasteiger partial charge >= 0.3 is 0 Å². The molecule has 4 nitrogen and oxygen atoms in total. The van der Waals surface area contributed by atoms with Crippen molar-refractivity contribution in [1.29, 1.82) is 0 Å². The molecule has 1 fully saturated rings. The predicted molar refractivity (Wildman–Crippen MR) is 112 cm³/mol. The summed E-state index contributed by atoms with van der Waals surface area (Å²) in [6.07, 6.45) is 2.44. The summed E-state index contributed by atoms with van der Waals surface area (Å²) in [5.74, 6) is 1.71. The van der Waals surface area contributed by atoms with Crippen LogP contribution in [-0.2, 0) is 19.8 Å². The van der Waals surface area contributed by atoms with E-state index in [1.807, 2.05) is 10.7 Å². The maximum absolute atomic E-state index is 5.78. The molecule has 2 heterocycles. The van der Waals surface area contributed by atoms with Gasteiger partial charge in [-0.15, -0.1) is 11.3 Å². The van der Waals surface area contributed by atoms with Crippen LogP contribution in [0.15, 0.2) is 46.3 Å². The number of benzene rings is 1. The van der Waals surface area contributed by atoms with E-state index in [2.05, 4.69) is 68.2 Å². The molecule has 0 atom stereocenters. The highest BCUT2D eigenvalue weighted by Gasteiger charge is 2.30. The van der Waals surface area contributed by atoms with Gasteiger partial charge in [0.15, 0.2) is 4.77 Å². The summed E-state index contributed by atoms with van der Waals surface area (Å²) in [7, 11) is 2.11. The van der Waals surface area contributed by atoms with E-state index in [4.69, 9.17) is 17.3 Å². The summed E-state index contributed by atoms with van der Waals surface area (Å²) in [6.45, 7) is 2.39. The van der Waals surface area contributed by atoms with Crippen molar-refractivity contribution < 1.29 is 0 Å². The fraction of sp³-hybridized carbons (Fsp3) is 0.368. The Morgan fingerprint density at radius 3 is 2.73 bits per heavy atom. The maximum atomic E-state index is 5.78. The highest BCUT2D eigenvalue weighted by molar-refractivity contribution is 9.10. The van der Waals surface area contributed by atoms with Crippen LogP contribution in [0, 0.1) is 4.77 Å². The summed E-state index contributed by atoms with van der Waals surface area (Å²) in [4.78, 5) is 3.59. The number of hydrogen-bond donors (Lipinski definition) is 0. The van der Waals surface area contributed by atoms with Crippen LogP contribution in [0.1, 0.15) is 35.0 Å². The van der Waals surface area contributed by atoms with Crippen molar-refractivity contribution in [3.63, 3.8) is 0 Å². The molecule has 1 saturated carbocycles. The van der Waals surface area contributed by atoms with E-state index in [9.17, 15) is 0 Å². The second-order valence-corrected chi connectivity index (χ2v) is 9.15. The first-order chi connectivity index (χ1) is 12.6. The molecule has 0 aliphatic heterocycles. The molecular formula is C19H21BrN4S2. The topological polar surface area (TPSA) is 26.0 Å². The van der Waals surface area contributed by atoms with Crippen molar-refractivity contribution in [3.8, 4) is 0 Å². The van der Waals surface area contributed by atoms with Crippen molar-refractivity contribution in [2.75, 3.05) is 7.05 Å². The van der Waals surface area contributed by atoms with Crippen molar-refractivity contribution in [1.82, 2.24) is 19.2 Å². The van der Waals surface area contributed by atoms with Gasteiger partial charge in [-0.05, 0) is 59.7 Å². The van der Waals surface area contributed by atoms with Crippen LogP contribution in [0.25, 0.3) is 0 Å². The van der Waals surface area contributed by atoms with Crippen LogP contribution in [0.5, 0.6) is 0 Å². The van der Waals surface area contributed by atoms with Gasteiger partial charge < -0.3 is 0 Å². The van der Waals surface area contributed by atoms with E-state index in [0.717, 1.165) is 28.2 Å². The number of hydrogen-bond acceptors (Lipinski definition) is 4. The Balaban J connectivity index is 1.54. The van der Waals surface area contributed by atoms with Gasteiger partial charge in [-0.1, -0.05) is 30.3 Å². The van der Waals surface area contributed by atoms with Crippen LogP contribution in [0.4, 0.5) is 0 Å². The highest BCUT2D eigenvalue weighted by Crippen LogP contribution is 2.39. The molecule has 1 aromatic carbocycles. The number of halogens is 1. The predicted octanol–water partition coefficient (Wildman–Crippen LogP) is 5.25. The molecule has 26 heavy (non-hydrogen) atoms. The van der Waals surface area contributed by atoms with Gasteiger partial charge in [0, 0.05) is 27.2 Å². The second-order valence-electron chi connectivity index (χ2n) is 6.87. The fourth-order valence-electron chi connectivity index (χ4n) is 3.09. The molecule has 0 unspecified atom stereocenters. The summed E-state index contributed by atoms with van der Waals surface area (Å²) in [5, 5.41) is 7.00. The summed E-state index contributed by atoms with van der Waals surface area (Å²) in [6, 6.07) is 12.7. The van der Waals surface area contributed by atoms with Gasteiger partial charge in [0.1, 0.15) is 5.82 Å². The lowest BCUT2D eigenvalue weighted by Crippen LogP contribution is -2.22. The minimum absolute atomic E-state index is 0.570. The van der Waals surface area contributed by atoms with Gasteiger partial charge in [-0.2, -0.15) is 5.10 Å². The van der Waals surface area contributed by atoms with Crippen molar-refractivity contribution in [3.05, 3.63) is 67.3 Å². The molecule has 0 radical (unpaired) electrons. The molecule has 2 aromatic heterocycles. The number of aromatic nitrogens is 3. The van der Waals surface area contributed by atoms with Crippen LogP contribution in [-0.4, -0.2) is 26.3 Å². The largest absolute Gasteiger partial charge is 0.299 e. The third-order valence-electron chi connectivity index (χ3n) is 4.50. The lowest BCUT2D eigenvalue weighted by atomic mass is 10.2. The molecule has 136 valence electrons. The Morgan fingerprint density at radius 2 is 2.08 bits per heavy atom. The second kappa shape index (κ2) is 7.76. The molecule has 0 saturated heterocycles. The smallest absolute Gasteiger partial charge is 0.199 e. The normalized spacial score (nSPS) is 14.3. The zero-order chi connectivity index (χ0) is 18.1. The number of nitrogens with zero attached hydrogens (tertiary/aromatic N) is 4. The molecule has 1 aliphatic rings. The van der Waals surface area contributed by atoms with E-state index < -0.39 is 0 Å². The van der Waals surface area contributed by atoms with Gasteiger partial charge in [0.05, 0.1) is 13.2 Å². The molecule has 4 rings (SSSR count). The average molecular weight is 449 g/mol. The van der Waals surface area contributed by atoms with Crippen molar-refractivity contribution in [2.45, 2.75) is 38.5 Å². The van der Waals surface area contributed by atoms with E-state index in [-0.39, 0.29) is 0 Å². The number of rotatable bonds is 7. The standard InChI is InChI=1S/C19H21BrN4S2/c1-22(11-17-9-16(20)12-26-17)13-24-19(25)23(18(21-24)15-7-8-15)10-14-5-3-2-4-6-14/h2-6,9,12,15H,7-8,10-11,13H2,1H3. The Kier molecular flexibility index (Phi) is 5.40. The molecular weight excluding hydrogens is 428 g/mol. The van der Waals surface area contributed by atoms with E-state index >= 15 is 0 Å². The highest BCUT2D eigenvalue weighted by atomic mass is 79.9. The summed E-state index contributed by atoms with van der Waals surface area (Å²) < 4.78 is 6.16. The van der Waals surface area contributed by atoms with Crippen LogP contribution in [0.3, 0.4) is 0 Å². The molecule has 7 heteroatoms. The molecule has 0 spiro atoms. The molecule has 1 aliphatic carbocycles. The quantitative estimate of drug-likeness (QED) is 0.461. The molecule has 0 bridgehead atoms. The van der Waals surface area contributed by atoms with E-state index in [0.29, 0.717) is 12.6 Å². The molecule has 0 amide bonds. The fourth-order valence-corrected chi connectivity index (χ4v) is 4.88. The monoisotopic (exact) mass is 448 g/mol. The number of thiophene rings is 1. The SMILES string of the molecule is CN(Cc1cc(Br)cs1)Cn1nc(C2CC2)n(Cc2ccccc2)c1=S. The Hall–Kier alpha value is -1.28. The van der Waals surface area contributed by atoms with Crippen LogP contribution in [0.2, 0.25) is 0 Å². The van der Waals surface area contributed by atoms with Gasteiger partial charge in [-0.3, -0.25) is 9.47 Å². The van der Waals surface area contributed by atoms with Gasteiger partial charge in [0.2, 0.25) is 0 Å². The summed E-state index contributed by atoms with van der Waals surface area (Å²) in [5.41, 5.74) is 1.27. The summed E-state index contributed by atoms with van der Waals surface area (Å²) >= 11 is 11.1. The average Bonchev–Trinajstić information content (AvgIpc) is 3.33. The first kappa shape index (κ1) is 18.1. The van der Waals surface area contributed by atoms with E-state index in [1.165, 1.54) is 23.3 Å². The van der Waals surface area contributed by atoms with E-state index in [1.54, 1.807) is 11.3 Å². The zero-order valence-corrected chi connectivity index (χ0v) is 17.9. The first-order valence-corrected chi connectivity index (χ1v) is 10.8. The van der Waals surface area contributed by atoms with Crippen molar-refractivity contribution in [2.24, 2.45) is 0 Å². The van der Waals surface area contributed by atoms with Gasteiger partial charge in [0.25, 0.3) is 0 Å². The zero-order valence-electron chi connectivity index (χ0n) is 14.6. The molecule has 3 aromatic rings. The van der Waals surface area contributed by atoms with Crippen LogP contribution < -0.4 is 0 Å². The minimum Gasteiger partial charge on any atom is -0.299 e. The Bertz CT molecular complexity index is 940. The van der Waals surface area contributed by atoms with Crippen LogP contribution >= 0.6 is 39.5 Å². The minimum atomic E-state index is 0.570. The third kappa shape index (κ3) is 4.17. The molecule has 0 N–H and O–H groups in total. The third-order valence-corrected chi connectivity index (χ3v) is 6.61. The van der Waals surface area contributed by atoms with Gasteiger partial charge in [-0.25, -0.2) is 4.68 Å².